The summed E-state index contributed by atoms with van der Waals surface area (Å²) in [4.78, 5) is 2.54. The Kier molecular flexibility index (Phi) is 5.34. The number of nitrogens with one attached hydrogen (secondary N) is 1. The lowest BCUT2D eigenvalue weighted by atomic mass is 10.1. The number of nitrogens with zero attached hydrogens (tertiary/aromatic N) is 1. The van der Waals surface area contributed by atoms with E-state index < -0.39 is 0 Å². The van der Waals surface area contributed by atoms with Crippen molar-refractivity contribution in [1.82, 2.24) is 10.2 Å². The van der Waals surface area contributed by atoms with Crippen molar-refractivity contribution in [3.8, 4) is 0 Å². The van der Waals surface area contributed by atoms with Gasteiger partial charge in [-0.05, 0) is 57.5 Å². The van der Waals surface area contributed by atoms with Gasteiger partial charge in [0.05, 0.1) is 0 Å². The largest absolute Gasteiger partial charge is 0.306 e. The molecule has 1 aromatic carbocycles. The van der Waals surface area contributed by atoms with Crippen LogP contribution in [0.2, 0.25) is 0 Å². The molecule has 1 aromatic rings. The van der Waals surface area contributed by atoms with Crippen LogP contribution in [0.4, 0.5) is 4.39 Å². The second-order valence-electron chi connectivity index (χ2n) is 5.70. The SMILES string of the molecule is CC(CN1CCCCC1)NC(C)c1ccc(F)cc1. The van der Waals surface area contributed by atoms with E-state index in [0.29, 0.717) is 6.04 Å². The standard InChI is InChI=1S/C16H25FN2/c1-13(12-19-10-4-3-5-11-19)18-14(2)15-6-8-16(17)9-7-15/h6-9,13-14,18H,3-5,10-12H2,1-2H3. The molecule has 0 amide bonds. The van der Waals surface area contributed by atoms with Gasteiger partial charge in [-0.2, -0.15) is 0 Å². The Labute approximate surface area is 116 Å². The first kappa shape index (κ1) is 14.5. The van der Waals surface area contributed by atoms with Crippen molar-refractivity contribution in [3.63, 3.8) is 0 Å². The number of piperidine rings is 1. The van der Waals surface area contributed by atoms with Crippen LogP contribution in [0, 0.1) is 5.82 Å². The predicted octanol–water partition coefficient (Wildman–Crippen LogP) is 3.35. The van der Waals surface area contributed by atoms with E-state index in [2.05, 4.69) is 24.1 Å². The van der Waals surface area contributed by atoms with Gasteiger partial charge >= 0.3 is 0 Å². The molecule has 2 rings (SSSR count). The van der Waals surface area contributed by atoms with Crippen molar-refractivity contribution in [3.05, 3.63) is 35.6 Å². The third-order valence-corrected chi connectivity index (χ3v) is 3.89. The predicted molar refractivity (Wildman–Crippen MR) is 77.7 cm³/mol. The molecule has 2 nitrogen and oxygen atoms in total. The summed E-state index contributed by atoms with van der Waals surface area (Å²) in [6, 6.07) is 7.51. The fourth-order valence-electron chi connectivity index (χ4n) is 2.86. The fraction of sp³-hybridized carbons (Fsp3) is 0.625. The number of hydrogen-bond acceptors (Lipinski definition) is 2. The van der Waals surface area contributed by atoms with Crippen LogP contribution in [0.25, 0.3) is 0 Å². The summed E-state index contributed by atoms with van der Waals surface area (Å²) in [5.41, 5.74) is 1.15. The van der Waals surface area contributed by atoms with Crippen molar-refractivity contribution in [2.45, 2.75) is 45.2 Å². The highest BCUT2D eigenvalue weighted by Gasteiger charge is 2.15. The molecular weight excluding hydrogens is 239 g/mol. The highest BCUT2D eigenvalue weighted by atomic mass is 19.1. The Balaban J connectivity index is 1.80. The Morgan fingerprint density at radius 2 is 1.74 bits per heavy atom. The third-order valence-electron chi connectivity index (χ3n) is 3.89. The molecule has 1 heterocycles. The zero-order chi connectivity index (χ0) is 13.7. The molecule has 0 saturated carbocycles. The molecular formula is C16H25FN2. The van der Waals surface area contributed by atoms with E-state index in [1.165, 1.54) is 44.5 Å². The van der Waals surface area contributed by atoms with Crippen molar-refractivity contribution in [2.75, 3.05) is 19.6 Å². The number of likely N-dealkylation sites (tertiary alicyclic amines) is 1. The van der Waals surface area contributed by atoms with Gasteiger partial charge in [-0.1, -0.05) is 18.6 Å². The van der Waals surface area contributed by atoms with Crippen LogP contribution in [0.5, 0.6) is 0 Å². The number of rotatable bonds is 5. The first-order valence-electron chi connectivity index (χ1n) is 7.39. The van der Waals surface area contributed by atoms with E-state index in [-0.39, 0.29) is 11.9 Å². The highest BCUT2D eigenvalue weighted by molar-refractivity contribution is 5.19. The van der Waals surface area contributed by atoms with Crippen LogP contribution < -0.4 is 5.32 Å². The third kappa shape index (κ3) is 4.59. The van der Waals surface area contributed by atoms with Crippen LogP contribution in [0.15, 0.2) is 24.3 Å². The first-order valence-corrected chi connectivity index (χ1v) is 7.39. The topological polar surface area (TPSA) is 15.3 Å². The molecule has 2 unspecified atom stereocenters. The minimum absolute atomic E-state index is 0.169. The van der Waals surface area contributed by atoms with Crippen LogP contribution >= 0.6 is 0 Å². The van der Waals surface area contributed by atoms with E-state index in [1.807, 2.05) is 12.1 Å². The smallest absolute Gasteiger partial charge is 0.123 e. The average molecular weight is 264 g/mol. The molecule has 0 bridgehead atoms. The van der Waals surface area contributed by atoms with Gasteiger partial charge in [0.1, 0.15) is 5.82 Å². The van der Waals surface area contributed by atoms with Crippen molar-refractivity contribution < 1.29 is 4.39 Å². The summed E-state index contributed by atoms with van der Waals surface area (Å²) < 4.78 is 12.9. The zero-order valence-corrected chi connectivity index (χ0v) is 12.0. The minimum Gasteiger partial charge on any atom is -0.306 e. The van der Waals surface area contributed by atoms with E-state index >= 15 is 0 Å². The van der Waals surface area contributed by atoms with Crippen LogP contribution in [0.1, 0.15) is 44.7 Å². The summed E-state index contributed by atoms with van der Waals surface area (Å²) in [7, 11) is 0. The number of benzene rings is 1. The lowest BCUT2D eigenvalue weighted by Gasteiger charge is -2.30. The zero-order valence-electron chi connectivity index (χ0n) is 12.0. The van der Waals surface area contributed by atoms with Crippen LogP contribution in [0.3, 0.4) is 0 Å². The summed E-state index contributed by atoms with van der Waals surface area (Å²) in [6.45, 7) is 7.94. The lowest BCUT2D eigenvalue weighted by molar-refractivity contribution is 0.205. The Morgan fingerprint density at radius 3 is 2.37 bits per heavy atom. The average Bonchev–Trinajstić information content (AvgIpc) is 2.40. The monoisotopic (exact) mass is 264 g/mol. The summed E-state index contributed by atoms with van der Waals surface area (Å²) >= 11 is 0. The molecule has 0 radical (unpaired) electrons. The van der Waals surface area contributed by atoms with Crippen LogP contribution in [-0.2, 0) is 0 Å². The van der Waals surface area contributed by atoms with Crippen molar-refractivity contribution >= 4 is 0 Å². The fourth-order valence-corrected chi connectivity index (χ4v) is 2.86. The number of halogens is 1. The Morgan fingerprint density at radius 1 is 1.11 bits per heavy atom. The molecule has 0 spiro atoms. The molecule has 106 valence electrons. The van der Waals surface area contributed by atoms with Gasteiger partial charge in [-0.3, -0.25) is 0 Å². The van der Waals surface area contributed by atoms with E-state index in [1.54, 1.807) is 0 Å². The molecule has 19 heavy (non-hydrogen) atoms. The second-order valence-corrected chi connectivity index (χ2v) is 5.70. The molecule has 3 heteroatoms. The van der Waals surface area contributed by atoms with Crippen LogP contribution in [-0.4, -0.2) is 30.6 Å². The van der Waals surface area contributed by atoms with Gasteiger partial charge in [0.2, 0.25) is 0 Å². The molecule has 0 aromatic heterocycles. The maximum absolute atomic E-state index is 12.9. The Hall–Kier alpha value is -0.930. The Bertz CT molecular complexity index is 371. The normalized spacial score (nSPS) is 20.2. The maximum Gasteiger partial charge on any atom is 0.123 e. The van der Waals surface area contributed by atoms with Crippen molar-refractivity contribution in [1.29, 1.82) is 0 Å². The van der Waals surface area contributed by atoms with Crippen molar-refractivity contribution in [2.24, 2.45) is 0 Å². The highest BCUT2D eigenvalue weighted by Crippen LogP contribution is 2.14. The molecule has 1 saturated heterocycles. The second kappa shape index (κ2) is 7.01. The summed E-state index contributed by atoms with van der Waals surface area (Å²) in [5.74, 6) is -0.169. The quantitative estimate of drug-likeness (QED) is 0.877. The lowest BCUT2D eigenvalue weighted by Crippen LogP contribution is -2.42. The van der Waals surface area contributed by atoms with E-state index in [4.69, 9.17) is 0 Å². The number of hydrogen-bond donors (Lipinski definition) is 1. The summed E-state index contributed by atoms with van der Waals surface area (Å²) in [6.07, 6.45) is 4.05. The molecule has 1 aliphatic heterocycles. The molecule has 1 N–H and O–H groups in total. The molecule has 1 aliphatic rings. The van der Waals surface area contributed by atoms with Gasteiger partial charge in [-0.15, -0.1) is 0 Å². The molecule has 0 aliphatic carbocycles. The summed E-state index contributed by atoms with van der Waals surface area (Å²) in [5, 5.41) is 3.60. The first-order chi connectivity index (χ1) is 9.15. The van der Waals surface area contributed by atoms with Gasteiger partial charge in [0, 0.05) is 18.6 Å². The minimum atomic E-state index is -0.169. The van der Waals surface area contributed by atoms with Gasteiger partial charge < -0.3 is 10.2 Å². The van der Waals surface area contributed by atoms with Gasteiger partial charge in [0.15, 0.2) is 0 Å². The van der Waals surface area contributed by atoms with Gasteiger partial charge in [-0.25, -0.2) is 4.39 Å². The molecule has 1 fully saturated rings. The van der Waals surface area contributed by atoms with Gasteiger partial charge in [0.25, 0.3) is 0 Å². The van der Waals surface area contributed by atoms with E-state index in [9.17, 15) is 4.39 Å². The maximum atomic E-state index is 12.9. The molecule has 2 atom stereocenters. The van der Waals surface area contributed by atoms with E-state index in [0.717, 1.165) is 12.1 Å².